The van der Waals surface area contributed by atoms with Gasteiger partial charge in [0.2, 0.25) is 0 Å². The highest BCUT2D eigenvalue weighted by molar-refractivity contribution is 5.46. The van der Waals surface area contributed by atoms with Crippen molar-refractivity contribution in [3.63, 3.8) is 0 Å². The molecular weight excluding hydrogens is 207 g/mol. The molecule has 0 saturated carbocycles. The first kappa shape index (κ1) is 12.5. The van der Waals surface area contributed by atoms with Gasteiger partial charge in [0.1, 0.15) is 11.6 Å². The van der Waals surface area contributed by atoms with Crippen molar-refractivity contribution in [2.24, 2.45) is 0 Å². The first-order valence-corrected chi connectivity index (χ1v) is 5.30. The van der Waals surface area contributed by atoms with E-state index in [0.29, 0.717) is 24.3 Å². The molecular formula is C13H15FO2. The minimum atomic E-state index is -0.336. The van der Waals surface area contributed by atoms with E-state index >= 15 is 0 Å². The fourth-order valence-electron chi connectivity index (χ4n) is 1.15. The summed E-state index contributed by atoms with van der Waals surface area (Å²) < 4.78 is 18.4. The van der Waals surface area contributed by atoms with Crippen LogP contribution in [0.25, 0.3) is 0 Å². The summed E-state index contributed by atoms with van der Waals surface area (Å²) in [4.78, 5) is 0. The minimum absolute atomic E-state index is 0.00741. The van der Waals surface area contributed by atoms with Gasteiger partial charge in [-0.3, -0.25) is 0 Å². The van der Waals surface area contributed by atoms with Gasteiger partial charge in [0, 0.05) is 6.42 Å². The van der Waals surface area contributed by atoms with Crippen LogP contribution < -0.4 is 4.74 Å². The molecule has 1 aromatic carbocycles. The summed E-state index contributed by atoms with van der Waals surface area (Å²) in [5, 5.41) is 8.60. The third kappa shape index (κ3) is 3.92. The maximum atomic E-state index is 13.0. The molecule has 1 rings (SSSR count). The molecule has 0 aromatic heterocycles. The van der Waals surface area contributed by atoms with Gasteiger partial charge in [0.15, 0.2) is 0 Å². The zero-order valence-corrected chi connectivity index (χ0v) is 9.29. The molecule has 0 aliphatic rings. The Bertz CT molecular complexity index is 391. The van der Waals surface area contributed by atoms with Gasteiger partial charge >= 0.3 is 0 Å². The van der Waals surface area contributed by atoms with Gasteiger partial charge in [-0.15, -0.1) is 0 Å². The number of aliphatic hydroxyl groups excluding tert-OH is 1. The number of halogens is 1. The third-order valence-corrected chi connectivity index (χ3v) is 1.86. The van der Waals surface area contributed by atoms with Crippen LogP contribution in [0.2, 0.25) is 0 Å². The van der Waals surface area contributed by atoms with E-state index in [-0.39, 0.29) is 12.4 Å². The van der Waals surface area contributed by atoms with Gasteiger partial charge in [-0.05, 0) is 24.6 Å². The van der Waals surface area contributed by atoms with Crippen LogP contribution in [0.4, 0.5) is 4.39 Å². The van der Waals surface area contributed by atoms with E-state index < -0.39 is 0 Å². The van der Waals surface area contributed by atoms with Gasteiger partial charge in [-0.25, -0.2) is 4.39 Å². The Balaban J connectivity index is 2.86. The van der Waals surface area contributed by atoms with Gasteiger partial charge in [0.05, 0.1) is 18.8 Å². The monoisotopic (exact) mass is 222 g/mol. The van der Waals surface area contributed by atoms with Crippen LogP contribution in [0, 0.1) is 17.7 Å². The highest BCUT2D eigenvalue weighted by Crippen LogP contribution is 2.18. The SMILES string of the molecule is CCCOc1ccc(F)cc1C#CCCO. The van der Waals surface area contributed by atoms with Crippen molar-refractivity contribution in [2.75, 3.05) is 13.2 Å². The summed E-state index contributed by atoms with van der Waals surface area (Å²) in [5.41, 5.74) is 0.530. The summed E-state index contributed by atoms with van der Waals surface area (Å²) in [6.07, 6.45) is 1.27. The number of hydrogen-bond acceptors (Lipinski definition) is 2. The Labute approximate surface area is 95.1 Å². The molecule has 1 aromatic rings. The topological polar surface area (TPSA) is 29.5 Å². The molecule has 0 unspecified atom stereocenters. The lowest BCUT2D eigenvalue weighted by Gasteiger charge is -2.06. The van der Waals surface area contributed by atoms with E-state index in [0.717, 1.165) is 6.42 Å². The number of rotatable bonds is 4. The highest BCUT2D eigenvalue weighted by atomic mass is 19.1. The molecule has 0 radical (unpaired) electrons. The van der Waals surface area contributed by atoms with Crippen molar-refractivity contribution >= 4 is 0 Å². The van der Waals surface area contributed by atoms with Gasteiger partial charge in [-0.2, -0.15) is 0 Å². The average Bonchev–Trinajstić information content (AvgIpc) is 2.28. The molecule has 0 bridgehead atoms. The van der Waals surface area contributed by atoms with E-state index in [9.17, 15) is 4.39 Å². The molecule has 0 fully saturated rings. The summed E-state index contributed by atoms with van der Waals surface area (Å²) in [6, 6.07) is 4.27. The van der Waals surface area contributed by atoms with Crippen LogP contribution in [0.5, 0.6) is 5.75 Å². The predicted molar refractivity (Wildman–Crippen MR) is 60.8 cm³/mol. The maximum absolute atomic E-state index is 13.0. The van der Waals surface area contributed by atoms with Crippen LogP contribution in [0.1, 0.15) is 25.3 Å². The van der Waals surface area contributed by atoms with Crippen molar-refractivity contribution in [1.82, 2.24) is 0 Å². The normalized spacial score (nSPS) is 9.44. The summed E-state index contributed by atoms with van der Waals surface area (Å²) in [7, 11) is 0. The van der Waals surface area contributed by atoms with Crippen molar-refractivity contribution in [3.8, 4) is 17.6 Å². The van der Waals surface area contributed by atoms with E-state index in [4.69, 9.17) is 9.84 Å². The molecule has 0 aliphatic heterocycles. The molecule has 0 saturated heterocycles. The Kier molecular flexibility index (Phi) is 5.38. The first-order chi connectivity index (χ1) is 7.77. The van der Waals surface area contributed by atoms with Gasteiger partial charge in [-0.1, -0.05) is 18.8 Å². The lowest BCUT2D eigenvalue weighted by Crippen LogP contribution is -1.97. The first-order valence-electron chi connectivity index (χ1n) is 5.30. The quantitative estimate of drug-likeness (QED) is 0.792. The van der Waals surface area contributed by atoms with Gasteiger partial charge < -0.3 is 9.84 Å². The van der Waals surface area contributed by atoms with Crippen LogP contribution in [0.3, 0.4) is 0 Å². The Hall–Kier alpha value is -1.53. The molecule has 1 N–H and O–H groups in total. The molecule has 0 aliphatic carbocycles. The third-order valence-electron chi connectivity index (χ3n) is 1.86. The van der Waals surface area contributed by atoms with Crippen LogP contribution in [-0.4, -0.2) is 18.3 Å². The predicted octanol–water partition coefficient (Wildman–Crippen LogP) is 2.35. The van der Waals surface area contributed by atoms with Crippen molar-refractivity contribution in [3.05, 3.63) is 29.6 Å². The Morgan fingerprint density at radius 3 is 2.94 bits per heavy atom. The average molecular weight is 222 g/mol. The minimum Gasteiger partial charge on any atom is -0.492 e. The zero-order chi connectivity index (χ0) is 11.8. The lowest BCUT2D eigenvalue weighted by atomic mass is 10.2. The van der Waals surface area contributed by atoms with E-state index in [2.05, 4.69) is 11.8 Å². The summed E-state index contributed by atoms with van der Waals surface area (Å²) >= 11 is 0. The maximum Gasteiger partial charge on any atom is 0.135 e. The second kappa shape index (κ2) is 6.86. The second-order valence-electron chi connectivity index (χ2n) is 3.26. The molecule has 0 amide bonds. The lowest BCUT2D eigenvalue weighted by molar-refractivity contribution is 0.305. The smallest absolute Gasteiger partial charge is 0.135 e. The van der Waals surface area contributed by atoms with Crippen molar-refractivity contribution < 1.29 is 14.2 Å². The molecule has 0 atom stereocenters. The number of hydrogen-bond donors (Lipinski definition) is 1. The van der Waals surface area contributed by atoms with Gasteiger partial charge in [0.25, 0.3) is 0 Å². The number of benzene rings is 1. The zero-order valence-electron chi connectivity index (χ0n) is 9.29. The standard InChI is InChI=1S/C13H15FO2/c1-2-9-16-13-7-6-12(14)10-11(13)5-3-4-8-15/h6-7,10,15H,2,4,8-9H2,1H3. The Morgan fingerprint density at radius 2 is 2.25 bits per heavy atom. The van der Waals surface area contributed by atoms with Crippen LogP contribution in [-0.2, 0) is 0 Å². The second-order valence-corrected chi connectivity index (χ2v) is 3.26. The molecule has 86 valence electrons. The largest absolute Gasteiger partial charge is 0.492 e. The van der Waals surface area contributed by atoms with Crippen molar-refractivity contribution in [2.45, 2.75) is 19.8 Å². The fourth-order valence-corrected chi connectivity index (χ4v) is 1.15. The summed E-state index contributed by atoms with van der Waals surface area (Å²) in [6.45, 7) is 2.59. The van der Waals surface area contributed by atoms with E-state index in [1.807, 2.05) is 6.92 Å². The molecule has 2 nitrogen and oxygen atoms in total. The van der Waals surface area contributed by atoms with Crippen LogP contribution >= 0.6 is 0 Å². The Morgan fingerprint density at radius 1 is 1.44 bits per heavy atom. The highest BCUT2D eigenvalue weighted by Gasteiger charge is 2.02. The van der Waals surface area contributed by atoms with Crippen LogP contribution in [0.15, 0.2) is 18.2 Å². The molecule has 3 heteroatoms. The molecule has 0 spiro atoms. The molecule has 0 heterocycles. The summed E-state index contributed by atoms with van der Waals surface area (Å²) in [5.74, 6) is 5.79. The van der Waals surface area contributed by atoms with E-state index in [1.54, 1.807) is 6.07 Å². The number of aliphatic hydroxyl groups is 1. The fraction of sp³-hybridized carbons (Fsp3) is 0.385. The van der Waals surface area contributed by atoms with Crippen molar-refractivity contribution in [1.29, 1.82) is 0 Å². The van der Waals surface area contributed by atoms with E-state index in [1.165, 1.54) is 12.1 Å². The number of ether oxygens (including phenoxy) is 1. The molecule has 16 heavy (non-hydrogen) atoms.